The first-order chi connectivity index (χ1) is 10.6. The lowest BCUT2D eigenvalue weighted by molar-refractivity contribution is -0.120. The molecule has 3 rings (SSSR count). The van der Waals surface area contributed by atoms with Crippen molar-refractivity contribution in [3.8, 4) is 0 Å². The molecule has 2 aromatic carbocycles. The normalized spacial score (nSPS) is 13.0. The van der Waals surface area contributed by atoms with Crippen molar-refractivity contribution in [2.75, 3.05) is 0 Å². The van der Waals surface area contributed by atoms with Crippen molar-refractivity contribution in [1.29, 1.82) is 0 Å². The van der Waals surface area contributed by atoms with Crippen LogP contribution < -0.4 is 5.32 Å². The summed E-state index contributed by atoms with van der Waals surface area (Å²) in [6.07, 6.45) is 3.83. The van der Waals surface area contributed by atoms with E-state index in [1.165, 1.54) is 29.7 Å². The summed E-state index contributed by atoms with van der Waals surface area (Å²) >= 11 is 3.25. The predicted octanol–water partition coefficient (Wildman–Crippen LogP) is 3.94. The maximum absolute atomic E-state index is 13.3. The van der Waals surface area contributed by atoms with Crippen molar-refractivity contribution < 1.29 is 9.18 Å². The number of aryl methyl sites for hydroxylation is 2. The lowest BCUT2D eigenvalue weighted by atomic mass is 10.0. The van der Waals surface area contributed by atoms with Crippen molar-refractivity contribution in [1.82, 2.24) is 5.32 Å². The molecule has 0 aliphatic heterocycles. The van der Waals surface area contributed by atoms with Gasteiger partial charge in [-0.2, -0.15) is 0 Å². The third-order valence-electron chi connectivity index (χ3n) is 3.94. The lowest BCUT2D eigenvalue weighted by Gasteiger charge is -2.08. The summed E-state index contributed by atoms with van der Waals surface area (Å²) < 4.78 is 14.0. The van der Waals surface area contributed by atoms with Gasteiger partial charge in [0.25, 0.3) is 0 Å². The fourth-order valence-electron chi connectivity index (χ4n) is 2.90. The molecule has 2 aromatic rings. The quantitative estimate of drug-likeness (QED) is 0.877. The predicted molar refractivity (Wildman–Crippen MR) is 88.1 cm³/mol. The largest absolute Gasteiger partial charge is 0.352 e. The smallest absolute Gasteiger partial charge is 0.224 e. The van der Waals surface area contributed by atoms with Crippen molar-refractivity contribution >= 4 is 21.8 Å². The van der Waals surface area contributed by atoms with E-state index in [9.17, 15) is 9.18 Å². The number of fused-ring (bicyclic) bond motifs is 1. The fourth-order valence-corrected chi connectivity index (χ4v) is 3.41. The fraction of sp³-hybridized carbons (Fsp3) is 0.278. The van der Waals surface area contributed by atoms with Crippen LogP contribution in [0.4, 0.5) is 4.39 Å². The molecule has 0 saturated heterocycles. The first kappa shape index (κ1) is 15.2. The van der Waals surface area contributed by atoms with Crippen molar-refractivity contribution in [3.63, 3.8) is 0 Å². The Bertz CT molecular complexity index is 694. The minimum atomic E-state index is -0.308. The standard InChI is InChI=1S/C18H17BrFNO/c19-16-7-13(8-17(20)10-16)11-21-18(22)9-12-4-5-14-2-1-3-15(14)6-12/h4-8,10H,1-3,9,11H2,(H,21,22). The lowest BCUT2D eigenvalue weighted by Crippen LogP contribution is -2.24. The molecule has 0 bridgehead atoms. The topological polar surface area (TPSA) is 29.1 Å². The maximum atomic E-state index is 13.3. The number of carbonyl (C=O) groups is 1. The highest BCUT2D eigenvalue weighted by molar-refractivity contribution is 9.10. The summed E-state index contributed by atoms with van der Waals surface area (Å²) in [6, 6.07) is 10.9. The Balaban J connectivity index is 1.58. The number of amides is 1. The molecule has 0 unspecified atom stereocenters. The Morgan fingerprint density at radius 1 is 1.09 bits per heavy atom. The van der Waals surface area contributed by atoms with Crippen molar-refractivity contribution in [2.45, 2.75) is 32.2 Å². The molecule has 0 heterocycles. The van der Waals surface area contributed by atoms with Crippen LogP contribution in [0, 0.1) is 5.82 Å². The Morgan fingerprint density at radius 2 is 1.91 bits per heavy atom. The second-order valence-electron chi connectivity index (χ2n) is 5.69. The first-order valence-electron chi connectivity index (χ1n) is 7.42. The third-order valence-corrected chi connectivity index (χ3v) is 4.40. The maximum Gasteiger partial charge on any atom is 0.224 e. The number of carbonyl (C=O) groups excluding carboxylic acids is 1. The molecule has 22 heavy (non-hydrogen) atoms. The van der Waals surface area contributed by atoms with Crippen LogP contribution in [0.3, 0.4) is 0 Å². The second-order valence-corrected chi connectivity index (χ2v) is 6.60. The summed E-state index contributed by atoms with van der Waals surface area (Å²) in [4.78, 5) is 12.0. The number of hydrogen-bond donors (Lipinski definition) is 1. The summed E-state index contributed by atoms with van der Waals surface area (Å²) in [5, 5.41) is 2.84. The van der Waals surface area contributed by atoms with Crippen LogP contribution in [0.5, 0.6) is 0 Å². The SMILES string of the molecule is O=C(Cc1ccc2c(c1)CCC2)NCc1cc(F)cc(Br)c1. The average molecular weight is 362 g/mol. The zero-order valence-electron chi connectivity index (χ0n) is 12.2. The van der Waals surface area contributed by atoms with Crippen LogP contribution >= 0.6 is 15.9 Å². The minimum absolute atomic E-state index is 0.0432. The van der Waals surface area contributed by atoms with E-state index < -0.39 is 0 Å². The van der Waals surface area contributed by atoms with Gasteiger partial charge >= 0.3 is 0 Å². The van der Waals surface area contributed by atoms with Gasteiger partial charge in [0, 0.05) is 11.0 Å². The highest BCUT2D eigenvalue weighted by Crippen LogP contribution is 2.23. The highest BCUT2D eigenvalue weighted by atomic mass is 79.9. The Hall–Kier alpha value is -1.68. The average Bonchev–Trinajstić information content (AvgIpc) is 2.92. The van der Waals surface area contributed by atoms with E-state index in [1.807, 2.05) is 6.07 Å². The molecule has 0 saturated carbocycles. The van der Waals surface area contributed by atoms with Crippen LogP contribution in [0.15, 0.2) is 40.9 Å². The Kier molecular flexibility index (Phi) is 4.57. The Morgan fingerprint density at radius 3 is 2.73 bits per heavy atom. The number of nitrogens with one attached hydrogen (secondary N) is 1. The molecule has 0 fully saturated rings. The zero-order valence-corrected chi connectivity index (χ0v) is 13.7. The van der Waals surface area contributed by atoms with Gasteiger partial charge in [-0.15, -0.1) is 0 Å². The van der Waals surface area contributed by atoms with E-state index in [-0.39, 0.29) is 11.7 Å². The molecule has 1 aliphatic carbocycles. The summed E-state index contributed by atoms with van der Waals surface area (Å²) in [7, 11) is 0. The van der Waals surface area contributed by atoms with E-state index in [2.05, 4.69) is 33.4 Å². The molecule has 0 radical (unpaired) electrons. The van der Waals surface area contributed by atoms with E-state index in [0.717, 1.165) is 24.0 Å². The molecule has 0 spiro atoms. The van der Waals surface area contributed by atoms with Crippen LogP contribution in [-0.2, 0) is 30.6 Å². The van der Waals surface area contributed by atoms with Gasteiger partial charge in [-0.05, 0) is 59.7 Å². The molecule has 114 valence electrons. The van der Waals surface area contributed by atoms with Gasteiger partial charge in [0.2, 0.25) is 5.91 Å². The second kappa shape index (κ2) is 6.61. The van der Waals surface area contributed by atoms with Gasteiger partial charge in [0.1, 0.15) is 5.82 Å². The van der Waals surface area contributed by atoms with E-state index >= 15 is 0 Å². The van der Waals surface area contributed by atoms with Crippen molar-refractivity contribution in [2.24, 2.45) is 0 Å². The molecule has 1 aliphatic rings. The van der Waals surface area contributed by atoms with E-state index in [1.54, 1.807) is 6.07 Å². The summed E-state index contributed by atoms with van der Waals surface area (Å²) in [5.41, 5.74) is 4.57. The third kappa shape index (κ3) is 3.74. The van der Waals surface area contributed by atoms with Gasteiger partial charge < -0.3 is 5.32 Å². The van der Waals surface area contributed by atoms with Gasteiger partial charge in [0.15, 0.2) is 0 Å². The van der Waals surface area contributed by atoms with E-state index in [0.29, 0.717) is 17.4 Å². The van der Waals surface area contributed by atoms with Crippen LogP contribution in [0.25, 0.3) is 0 Å². The minimum Gasteiger partial charge on any atom is -0.352 e. The number of hydrogen-bond acceptors (Lipinski definition) is 1. The van der Waals surface area contributed by atoms with Crippen molar-refractivity contribution in [3.05, 3.63) is 68.9 Å². The molecule has 4 heteroatoms. The van der Waals surface area contributed by atoms with Crippen LogP contribution in [0.1, 0.15) is 28.7 Å². The highest BCUT2D eigenvalue weighted by Gasteiger charge is 2.12. The number of halogens is 2. The van der Waals surface area contributed by atoms with Gasteiger partial charge in [-0.3, -0.25) is 4.79 Å². The summed E-state index contributed by atoms with van der Waals surface area (Å²) in [5.74, 6) is -0.351. The van der Waals surface area contributed by atoms with Crippen LogP contribution in [-0.4, -0.2) is 5.91 Å². The van der Waals surface area contributed by atoms with Gasteiger partial charge in [-0.1, -0.05) is 34.1 Å². The number of benzene rings is 2. The van der Waals surface area contributed by atoms with Gasteiger partial charge in [0.05, 0.1) is 6.42 Å². The molecule has 2 nitrogen and oxygen atoms in total. The first-order valence-corrected chi connectivity index (χ1v) is 8.22. The Labute approximate surface area is 137 Å². The molecule has 1 amide bonds. The number of rotatable bonds is 4. The zero-order chi connectivity index (χ0) is 15.5. The molecule has 0 aromatic heterocycles. The molecular weight excluding hydrogens is 345 g/mol. The monoisotopic (exact) mass is 361 g/mol. The summed E-state index contributed by atoms with van der Waals surface area (Å²) in [6.45, 7) is 0.333. The van der Waals surface area contributed by atoms with Crippen LogP contribution in [0.2, 0.25) is 0 Å². The molecular formula is C18H17BrFNO. The van der Waals surface area contributed by atoms with E-state index in [4.69, 9.17) is 0 Å². The van der Waals surface area contributed by atoms with Gasteiger partial charge in [-0.25, -0.2) is 4.39 Å². The molecule has 1 N–H and O–H groups in total. The molecule has 0 atom stereocenters.